The van der Waals surface area contributed by atoms with Gasteiger partial charge in [-0.05, 0) is 89.7 Å². The van der Waals surface area contributed by atoms with Gasteiger partial charge in [0.1, 0.15) is 11.5 Å². The fourth-order valence-corrected chi connectivity index (χ4v) is 8.42. The minimum absolute atomic E-state index is 0.179. The molecule has 0 unspecified atom stereocenters. The van der Waals surface area contributed by atoms with E-state index in [4.69, 9.17) is 9.97 Å². The molecule has 312 valence electrons. The maximum Gasteiger partial charge on any atom is 0.225 e. The Kier molecular flexibility index (Phi) is 19.8. The van der Waals surface area contributed by atoms with Crippen LogP contribution in [0, 0.1) is 0 Å². The Morgan fingerprint density at radius 2 is 1.57 bits per heavy atom. The van der Waals surface area contributed by atoms with Crippen LogP contribution >= 0.6 is 16.8 Å². The van der Waals surface area contributed by atoms with Crippen LogP contribution in [0.15, 0.2) is 30.5 Å². The number of aromatic nitrogens is 5. The smallest absolute Gasteiger partial charge is 0.225 e. The summed E-state index contributed by atoms with van der Waals surface area (Å²) in [7, 11) is -3.94. The predicted octanol–water partition coefficient (Wildman–Crippen LogP) is 3.98. The van der Waals surface area contributed by atoms with Gasteiger partial charge in [0.2, 0.25) is 11.9 Å². The van der Waals surface area contributed by atoms with Crippen LogP contribution in [0.5, 0.6) is 0 Å². The van der Waals surface area contributed by atoms with Crippen LogP contribution in [-0.2, 0) is 17.9 Å². The summed E-state index contributed by atoms with van der Waals surface area (Å²) in [6.45, 7) is 7.48. The Hall–Kier alpha value is -2.65. The lowest BCUT2D eigenvalue weighted by molar-refractivity contribution is -0.132. The maximum absolute atomic E-state index is 13.0. The number of anilines is 2. The average Bonchev–Trinajstić information content (AvgIpc) is 3.66. The minimum atomic E-state index is -1.97. The quantitative estimate of drug-likeness (QED) is 0.0426. The van der Waals surface area contributed by atoms with E-state index in [0.717, 1.165) is 106 Å². The highest BCUT2D eigenvalue weighted by Crippen LogP contribution is 2.26. The third-order valence-electron chi connectivity index (χ3n) is 10.7. The van der Waals surface area contributed by atoms with E-state index in [2.05, 4.69) is 31.6 Å². The van der Waals surface area contributed by atoms with E-state index in [1.165, 1.54) is 32.1 Å². The normalized spacial score (nSPS) is 15.8. The molecule has 0 spiro atoms. The predicted molar refractivity (Wildman–Crippen MR) is 224 cm³/mol. The van der Waals surface area contributed by atoms with Gasteiger partial charge in [-0.15, -0.1) is 5.10 Å². The van der Waals surface area contributed by atoms with Gasteiger partial charge in [-0.25, -0.2) is 4.98 Å². The van der Waals surface area contributed by atoms with Gasteiger partial charge < -0.3 is 50.6 Å². The second-order valence-corrected chi connectivity index (χ2v) is 17.5. The van der Waals surface area contributed by atoms with E-state index in [1.807, 2.05) is 44.9 Å². The minimum Gasteiger partial charge on any atom is -0.367 e. The van der Waals surface area contributed by atoms with Gasteiger partial charge in [0.25, 0.3) is 0 Å². The number of aryl methyl sites for hydroxylation is 1. The molecule has 5 rings (SSSR count). The molecule has 3 aromatic rings. The molecule has 1 amide bonds. The standard InChI is InChI=1S/C38H65N11O5P2/c50-36(15-5-2-8-21-47(25-27-55(51)52)26-28-56(53)54)48-23-16-32(17-24-48)42-37-34-13-6-7-14-35(34)43-38(44-37)41-29-33-30-49(46-45-33)22-10-19-39-18-9-20-40-31-11-3-1-4-12-31/h6-7,13-14,30-32,39-40,51-54H,1-5,8-12,15-29H2,(H2,41,42,43,44). The summed E-state index contributed by atoms with van der Waals surface area (Å²) in [6.07, 6.45) is 16.2. The number of rotatable bonds is 26. The summed E-state index contributed by atoms with van der Waals surface area (Å²) in [5.41, 5.74) is 1.68. The van der Waals surface area contributed by atoms with E-state index in [0.29, 0.717) is 45.1 Å². The Bertz CT molecular complexity index is 1550. The number of piperidine rings is 1. The number of likely N-dealkylation sites (tertiary alicyclic amines) is 1. The van der Waals surface area contributed by atoms with Gasteiger partial charge in [0.05, 0.1) is 18.3 Å². The Balaban J connectivity index is 0.986. The number of unbranched alkanes of at least 4 members (excludes halogenated alkanes) is 2. The lowest BCUT2D eigenvalue weighted by Crippen LogP contribution is -2.42. The van der Waals surface area contributed by atoms with Gasteiger partial charge in [-0.1, -0.05) is 43.0 Å². The highest BCUT2D eigenvalue weighted by atomic mass is 31.2. The van der Waals surface area contributed by atoms with Crippen molar-refractivity contribution in [3.8, 4) is 0 Å². The van der Waals surface area contributed by atoms with Gasteiger partial charge in [-0.3, -0.25) is 9.48 Å². The molecule has 1 saturated heterocycles. The molecule has 1 aliphatic carbocycles. The summed E-state index contributed by atoms with van der Waals surface area (Å²) in [6, 6.07) is 8.90. The first-order valence-corrected chi connectivity index (χ1v) is 23.6. The highest BCUT2D eigenvalue weighted by molar-refractivity contribution is 7.45. The zero-order valence-corrected chi connectivity index (χ0v) is 34.7. The second-order valence-electron chi connectivity index (χ2n) is 15.1. The summed E-state index contributed by atoms with van der Waals surface area (Å²) in [5.74, 6) is 1.48. The summed E-state index contributed by atoms with van der Waals surface area (Å²) >= 11 is 0. The fourth-order valence-electron chi connectivity index (χ4n) is 7.49. The Morgan fingerprint density at radius 3 is 2.34 bits per heavy atom. The fraction of sp³-hybridized carbons (Fsp3) is 0.711. The largest absolute Gasteiger partial charge is 0.367 e. The number of benzene rings is 1. The molecule has 2 fully saturated rings. The molecule has 1 aliphatic heterocycles. The van der Waals surface area contributed by atoms with E-state index >= 15 is 0 Å². The number of carbonyl (C=O) groups excluding carboxylic acids is 1. The van der Waals surface area contributed by atoms with Crippen LogP contribution in [0.1, 0.15) is 89.2 Å². The molecular weight excluding hydrogens is 752 g/mol. The summed E-state index contributed by atoms with van der Waals surface area (Å²) in [4.78, 5) is 63.7. The summed E-state index contributed by atoms with van der Waals surface area (Å²) in [5, 5.41) is 23.9. The third kappa shape index (κ3) is 16.3. The molecule has 3 heterocycles. The van der Waals surface area contributed by atoms with Crippen molar-refractivity contribution >= 4 is 45.3 Å². The first kappa shape index (κ1) is 44.5. The van der Waals surface area contributed by atoms with Crippen LogP contribution in [0.3, 0.4) is 0 Å². The van der Waals surface area contributed by atoms with Crippen molar-refractivity contribution in [2.24, 2.45) is 0 Å². The number of nitrogens with zero attached hydrogens (tertiary/aromatic N) is 7. The second kappa shape index (κ2) is 25.0. The summed E-state index contributed by atoms with van der Waals surface area (Å²) < 4.78 is 1.90. The molecule has 8 N–H and O–H groups in total. The first-order valence-electron chi connectivity index (χ1n) is 20.7. The number of carbonyl (C=O) groups is 1. The number of hydrogen-bond acceptors (Lipinski definition) is 14. The van der Waals surface area contributed by atoms with Gasteiger partial charge in [0.15, 0.2) is 16.8 Å². The molecule has 16 nitrogen and oxygen atoms in total. The SMILES string of the molecule is O=C(CCCCCN(CCP(O)O)CCP(O)O)N1CCC(Nc2nc(NCc3cn(CCCNCCCNC4CCCCC4)nn3)nc3ccccc23)CC1. The first-order chi connectivity index (χ1) is 27.3. The molecule has 18 heteroatoms. The van der Waals surface area contributed by atoms with Gasteiger partial charge >= 0.3 is 0 Å². The van der Waals surface area contributed by atoms with Crippen molar-refractivity contribution < 1.29 is 24.4 Å². The topological polar surface area (TPSA) is 209 Å². The van der Waals surface area contributed by atoms with E-state index in [9.17, 15) is 24.4 Å². The average molecular weight is 818 g/mol. The molecule has 2 aliphatic rings. The molecule has 1 saturated carbocycles. The van der Waals surface area contributed by atoms with Crippen molar-refractivity contribution in [3.05, 3.63) is 36.2 Å². The number of amides is 1. The van der Waals surface area contributed by atoms with Crippen LogP contribution in [0.4, 0.5) is 11.8 Å². The third-order valence-corrected chi connectivity index (χ3v) is 11.9. The van der Waals surface area contributed by atoms with E-state index in [-0.39, 0.29) is 24.3 Å². The number of nitrogens with one attached hydrogen (secondary N) is 4. The number of hydrogen-bond donors (Lipinski definition) is 8. The highest BCUT2D eigenvalue weighted by Gasteiger charge is 2.24. The van der Waals surface area contributed by atoms with Crippen molar-refractivity contribution in [3.63, 3.8) is 0 Å². The van der Waals surface area contributed by atoms with Gasteiger partial charge in [-0.2, -0.15) is 4.98 Å². The molecule has 0 bridgehead atoms. The zero-order chi connectivity index (χ0) is 39.4. The molecule has 0 atom stereocenters. The van der Waals surface area contributed by atoms with Crippen molar-refractivity contribution in [1.82, 2.24) is 45.4 Å². The van der Waals surface area contributed by atoms with Crippen LogP contribution in [0.2, 0.25) is 0 Å². The monoisotopic (exact) mass is 817 g/mol. The Morgan fingerprint density at radius 1 is 0.821 bits per heavy atom. The van der Waals surface area contributed by atoms with Crippen LogP contribution < -0.4 is 21.3 Å². The Labute approximate surface area is 334 Å². The van der Waals surface area contributed by atoms with E-state index in [1.54, 1.807) is 0 Å². The number of fused-ring (bicyclic) bond motifs is 1. The lowest BCUT2D eigenvalue weighted by Gasteiger charge is -2.33. The molecule has 1 aromatic carbocycles. The van der Waals surface area contributed by atoms with Crippen molar-refractivity contribution in [1.29, 1.82) is 0 Å². The van der Waals surface area contributed by atoms with Crippen molar-refractivity contribution in [2.45, 2.75) is 109 Å². The zero-order valence-electron chi connectivity index (χ0n) is 32.9. The van der Waals surface area contributed by atoms with Crippen LogP contribution in [-0.4, -0.2) is 137 Å². The number of para-hydroxylation sites is 1. The van der Waals surface area contributed by atoms with Crippen LogP contribution in [0.25, 0.3) is 10.9 Å². The molecule has 2 aromatic heterocycles. The molecule has 0 radical (unpaired) electrons. The lowest BCUT2D eigenvalue weighted by atomic mass is 9.95. The van der Waals surface area contributed by atoms with E-state index < -0.39 is 16.8 Å². The maximum atomic E-state index is 13.0. The molecular formula is C38H65N11O5P2. The molecule has 56 heavy (non-hydrogen) atoms. The van der Waals surface area contributed by atoms with Gasteiger partial charge in [0, 0.05) is 68.9 Å². The van der Waals surface area contributed by atoms with Crippen molar-refractivity contribution in [2.75, 3.05) is 75.3 Å².